The lowest BCUT2D eigenvalue weighted by molar-refractivity contribution is -0.121. The number of nitrogens with one attached hydrogen (secondary N) is 1. The number of amides is 2. The van der Waals surface area contributed by atoms with Gasteiger partial charge in [-0.3, -0.25) is 4.79 Å². The van der Waals surface area contributed by atoms with Crippen molar-refractivity contribution in [2.24, 2.45) is 5.92 Å². The van der Waals surface area contributed by atoms with Crippen LogP contribution in [0.3, 0.4) is 0 Å². The van der Waals surface area contributed by atoms with E-state index in [1.807, 2.05) is 0 Å². The third kappa shape index (κ3) is 4.47. The minimum atomic E-state index is -0.450. The number of hydrogen-bond donors (Lipinski definition) is 1. The molecule has 0 bridgehead atoms. The largest absolute Gasteiger partial charge is 0.465 e. The lowest BCUT2D eigenvalue weighted by Gasteiger charge is -2.30. The second-order valence-corrected chi connectivity index (χ2v) is 5.52. The maximum atomic E-state index is 12.4. The zero-order chi connectivity index (χ0) is 17.5. The first kappa shape index (κ1) is 17.8. The fourth-order valence-corrected chi connectivity index (χ4v) is 2.63. The van der Waals surface area contributed by atoms with E-state index in [-0.39, 0.29) is 17.9 Å². The number of anilines is 1. The molecule has 1 aromatic carbocycles. The van der Waals surface area contributed by atoms with Gasteiger partial charge in [0.1, 0.15) is 0 Å². The van der Waals surface area contributed by atoms with E-state index in [2.05, 4.69) is 10.1 Å². The Bertz CT molecular complexity index is 609. The molecule has 0 spiro atoms. The topological polar surface area (TPSA) is 84.9 Å². The fourth-order valence-electron chi connectivity index (χ4n) is 2.63. The minimum absolute atomic E-state index is 0.111. The molecule has 0 atom stereocenters. The number of hydrogen-bond acceptors (Lipinski definition) is 5. The van der Waals surface area contributed by atoms with Crippen molar-refractivity contribution in [2.45, 2.75) is 19.8 Å². The highest BCUT2D eigenvalue weighted by molar-refractivity contribution is 5.95. The van der Waals surface area contributed by atoms with Gasteiger partial charge in [0.15, 0.2) is 0 Å². The molecule has 1 aromatic rings. The van der Waals surface area contributed by atoms with E-state index in [0.29, 0.717) is 43.8 Å². The molecule has 0 radical (unpaired) electrons. The number of likely N-dealkylation sites (tertiary alicyclic amines) is 1. The monoisotopic (exact) mass is 334 g/mol. The van der Waals surface area contributed by atoms with Crippen molar-refractivity contribution in [3.05, 3.63) is 29.8 Å². The second kappa shape index (κ2) is 8.33. The number of carbonyl (C=O) groups excluding carboxylic acids is 3. The van der Waals surface area contributed by atoms with Crippen LogP contribution in [0.25, 0.3) is 0 Å². The summed E-state index contributed by atoms with van der Waals surface area (Å²) in [6.07, 6.45) is 0.838. The van der Waals surface area contributed by atoms with Gasteiger partial charge in [-0.05, 0) is 38.0 Å². The van der Waals surface area contributed by atoms with Gasteiger partial charge in [-0.25, -0.2) is 9.59 Å². The number of rotatable bonds is 4. The summed E-state index contributed by atoms with van der Waals surface area (Å²) in [5.74, 6) is -0.730. The van der Waals surface area contributed by atoms with Crippen LogP contribution in [-0.4, -0.2) is 49.7 Å². The summed E-state index contributed by atoms with van der Waals surface area (Å²) >= 11 is 0. The van der Waals surface area contributed by atoms with E-state index in [4.69, 9.17) is 4.74 Å². The van der Waals surface area contributed by atoms with Crippen molar-refractivity contribution in [2.75, 3.05) is 32.1 Å². The molecule has 1 saturated heterocycles. The van der Waals surface area contributed by atoms with Gasteiger partial charge in [0.25, 0.3) is 0 Å². The van der Waals surface area contributed by atoms with Crippen molar-refractivity contribution in [3.63, 3.8) is 0 Å². The van der Waals surface area contributed by atoms with E-state index in [1.165, 1.54) is 7.11 Å². The van der Waals surface area contributed by atoms with Gasteiger partial charge >= 0.3 is 12.1 Å². The molecule has 7 heteroatoms. The standard InChI is InChI=1S/C17H22N2O5/c1-3-24-17(22)19-9-7-12(8-10-19)15(20)18-14-6-4-5-13(11-14)16(21)23-2/h4-6,11-12H,3,7-10H2,1-2H3,(H,18,20). The smallest absolute Gasteiger partial charge is 0.409 e. The Labute approximate surface area is 140 Å². The first-order chi connectivity index (χ1) is 11.5. The third-order valence-electron chi connectivity index (χ3n) is 3.94. The summed E-state index contributed by atoms with van der Waals surface area (Å²) in [7, 11) is 1.31. The molecule has 0 unspecified atom stereocenters. The van der Waals surface area contributed by atoms with Crippen LogP contribution in [0.1, 0.15) is 30.1 Å². The summed E-state index contributed by atoms with van der Waals surface area (Å²) in [6.45, 7) is 3.11. The van der Waals surface area contributed by atoms with Crippen molar-refractivity contribution in [3.8, 4) is 0 Å². The zero-order valence-corrected chi connectivity index (χ0v) is 13.9. The maximum absolute atomic E-state index is 12.4. The highest BCUT2D eigenvalue weighted by atomic mass is 16.6. The molecule has 1 fully saturated rings. The average molecular weight is 334 g/mol. The Balaban J connectivity index is 1.90. The molecule has 7 nitrogen and oxygen atoms in total. The van der Waals surface area contributed by atoms with Crippen molar-refractivity contribution in [1.29, 1.82) is 0 Å². The molecule has 1 heterocycles. The first-order valence-electron chi connectivity index (χ1n) is 7.96. The van der Waals surface area contributed by atoms with E-state index in [1.54, 1.807) is 36.1 Å². The van der Waals surface area contributed by atoms with Crippen molar-refractivity contribution < 1.29 is 23.9 Å². The van der Waals surface area contributed by atoms with Crippen LogP contribution in [0.15, 0.2) is 24.3 Å². The number of nitrogens with zero attached hydrogens (tertiary/aromatic N) is 1. The quantitative estimate of drug-likeness (QED) is 0.854. The molecule has 2 rings (SSSR count). The van der Waals surface area contributed by atoms with E-state index < -0.39 is 5.97 Å². The van der Waals surface area contributed by atoms with Crippen LogP contribution >= 0.6 is 0 Å². The molecular weight excluding hydrogens is 312 g/mol. The third-order valence-corrected chi connectivity index (χ3v) is 3.94. The summed E-state index contributed by atoms with van der Waals surface area (Å²) in [5.41, 5.74) is 0.933. The predicted molar refractivity (Wildman–Crippen MR) is 87.7 cm³/mol. The number of methoxy groups -OCH3 is 1. The Morgan fingerprint density at radius 2 is 1.96 bits per heavy atom. The molecule has 1 aliphatic heterocycles. The summed E-state index contributed by atoms with van der Waals surface area (Å²) in [4.78, 5) is 37.2. The normalized spacial score (nSPS) is 14.8. The Morgan fingerprint density at radius 1 is 1.25 bits per heavy atom. The molecule has 130 valence electrons. The van der Waals surface area contributed by atoms with Crippen LogP contribution in [0.2, 0.25) is 0 Å². The van der Waals surface area contributed by atoms with Gasteiger partial charge in [-0.1, -0.05) is 6.07 Å². The van der Waals surface area contributed by atoms with Gasteiger partial charge in [0.2, 0.25) is 5.91 Å². The van der Waals surface area contributed by atoms with Crippen molar-refractivity contribution >= 4 is 23.7 Å². The van der Waals surface area contributed by atoms with E-state index in [0.717, 1.165) is 0 Å². The molecule has 1 aliphatic rings. The van der Waals surface area contributed by atoms with Crippen LogP contribution in [0, 0.1) is 5.92 Å². The number of carbonyl (C=O) groups is 3. The maximum Gasteiger partial charge on any atom is 0.409 e. The summed E-state index contributed by atoms with van der Waals surface area (Å²) in [6, 6.07) is 6.61. The molecule has 1 N–H and O–H groups in total. The predicted octanol–water partition coefficient (Wildman–Crippen LogP) is 2.28. The molecule has 0 saturated carbocycles. The van der Waals surface area contributed by atoms with Crippen LogP contribution in [0.5, 0.6) is 0 Å². The number of benzene rings is 1. The van der Waals surface area contributed by atoms with Gasteiger partial charge in [-0.15, -0.1) is 0 Å². The molecule has 0 aromatic heterocycles. The van der Waals surface area contributed by atoms with E-state index in [9.17, 15) is 14.4 Å². The Kier molecular flexibility index (Phi) is 6.17. The second-order valence-electron chi connectivity index (χ2n) is 5.52. The lowest BCUT2D eigenvalue weighted by atomic mass is 9.96. The Morgan fingerprint density at radius 3 is 2.58 bits per heavy atom. The molecule has 2 amide bonds. The SMILES string of the molecule is CCOC(=O)N1CCC(C(=O)Nc2cccc(C(=O)OC)c2)CC1. The van der Waals surface area contributed by atoms with Crippen LogP contribution < -0.4 is 5.32 Å². The van der Waals surface area contributed by atoms with Gasteiger partial charge in [0.05, 0.1) is 19.3 Å². The molecular formula is C17H22N2O5. The molecule has 24 heavy (non-hydrogen) atoms. The molecule has 0 aliphatic carbocycles. The van der Waals surface area contributed by atoms with Crippen LogP contribution in [0.4, 0.5) is 10.5 Å². The summed E-state index contributed by atoms with van der Waals surface area (Å²) < 4.78 is 9.63. The van der Waals surface area contributed by atoms with Crippen LogP contribution in [-0.2, 0) is 14.3 Å². The first-order valence-corrected chi connectivity index (χ1v) is 7.96. The van der Waals surface area contributed by atoms with Crippen molar-refractivity contribution in [1.82, 2.24) is 4.90 Å². The minimum Gasteiger partial charge on any atom is -0.465 e. The average Bonchev–Trinajstić information content (AvgIpc) is 2.61. The number of ether oxygens (including phenoxy) is 2. The Hall–Kier alpha value is -2.57. The fraction of sp³-hybridized carbons (Fsp3) is 0.471. The highest BCUT2D eigenvalue weighted by Crippen LogP contribution is 2.20. The van der Waals surface area contributed by atoms with Gasteiger partial charge in [-0.2, -0.15) is 0 Å². The van der Waals surface area contributed by atoms with Gasteiger partial charge < -0.3 is 19.7 Å². The number of esters is 1. The number of piperidine rings is 1. The van der Waals surface area contributed by atoms with E-state index >= 15 is 0 Å². The van der Waals surface area contributed by atoms with Gasteiger partial charge in [0, 0.05) is 24.7 Å². The zero-order valence-electron chi connectivity index (χ0n) is 13.9. The lowest BCUT2D eigenvalue weighted by Crippen LogP contribution is -2.41. The highest BCUT2D eigenvalue weighted by Gasteiger charge is 2.28. The summed E-state index contributed by atoms with van der Waals surface area (Å²) in [5, 5.41) is 2.82.